The van der Waals surface area contributed by atoms with Crippen molar-refractivity contribution in [2.45, 2.75) is 12.5 Å². The number of nitrogens with one attached hydrogen (secondary N) is 1. The highest BCUT2D eigenvalue weighted by atomic mass is 35.5. The SMILES string of the molecule is Fc1cccc(C(c2ccc(Cl)cc2Cl)N2CCCNCC2)c1. The zero-order valence-corrected chi connectivity index (χ0v) is 14.2. The lowest BCUT2D eigenvalue weighted by Crippen LogP contribution is -2.33. The molecule has 1 aliphatic rings. The van der Waals surface area contributed by atoms with E-state index in [0.29, 0.717) is 10.0 Å². The molecule has 122 valence electrons. The summed E-state index contributed by atoms with van der Waals surface area (Å²) in [7, 11) is 0. The maximum absolute atomic E-state index is 13.8. The molecule has 0 bridgehead atoms. The standard InChI is InChI=1S/C18H19Cl2FN2/c19-14-5-6-16(17(20)12-14)18(13-3-1-4-15(21)11-13)23-9-2-7-22-8-10-23/h1,3-6,11-12,18,22H,2,7-10H2. The Balaban J connectivity index is 2.05. The van der Waals surface area contributed by atoms with Gasteiger partial charge in [-0.2, -0.15) is 0 Å². The largest absolute Gasteiger partial charge is 0.315 e. The predicted molar refractivity (Wildman–Crippen MR) is 93.8 cm³/mol. The number of nitrogens with zero attached hydrogens (tertiary/aromatic N) is 1. The summed E-state index contributed by atoms with van der Waals surface area (Å²) in [5.41, 5.74) is 1.87. The Kier molecular flexibility index (Phi) is 5.54. The molecule has 1 aliphatic heterocycles. The Morgan fingerprint density at radius 1 is 1.04 bits per heavy atom. The molecule has 0 aliphatic carbocycles. The van der Waals surface area contributed by atoms with Crippen LogP contribution in [0.5, 0.6) is 0 Å². The molecule has 0 radical (unpaired) electrons. The van der Waals surface area contributed by atoms with Gasteiger partial charge in [-0.3, -0.25) is 4.90 Å². The topological polar surface area (TPSA) is 15.3 Å². The third kappa shape index (κ3) is 4.04. The molecule has 0 saturated carbocycles. The van der Waals surface area contributed by atoms with Crippen LogP contribution in [0, 0.1) is 5.82 Å². The minimum absolute atomic E-state index is 0.0737. The molecule has 2 nitrogen and oxygen atoms in total. The normalized spacial score (nSPS) is 17.7. The molecule has 1 heterocycles. The molecule has 3 rings (SSSR count). The van der Waals surface area contributed by atoms with E-state index in [1.807, 2.05) is 18.2 Å². The molecule has 2 aromatic carbocycles. The van der Waals surface area contributed by atoms with Crippen molar-refractivity contribution in [3.05, 3.63) is 69.5 Å². The second-order valence-corrected chi connectivity index (χ2v) is 6.61. The molecule has 1 atom stereocenters. The van der Waals surface area contributed by atoms with Gasteiger partial charge in [0.15, 0.2) is 0 Å². The zero-order valence-electron chi connectivity index (χ0n) is 12.7. The minimum Gasteiger partial charge on any atom is -0.315 e. The minimum atomic E-state index is -0.231. The Labute approximate surface area is 146 Å². The Morgan fingerprint density at radius 2 is 1.91 bits per heavy atom. The van der Waals surface area contributed by atoms with Gasteiger partial charge < -0.3 is 5.32 Å². The molecule has 0 spiro atoms. The van der Waals surface area contributed by atoms with Gasteiger partial charge in [-0.15, -0.1) is 0 Å². The van der Waals surface area contributed by atoms with Gasteiger partial charge in [-0.1, -0.05) is 41.4 Å². The van der Waals surface area contributed by atoms with Gasteiger partial charge in [0, 0.05) is 29.7 Å². The van der Waals surface area contributed by atoms with E-state index in [1.165, 1.54) is 6.07 Å². The maximum Gasteiger partial charge on any atom is 0.123 e. The van der Waals surface area contributed by atoms with Crippen LogP contribution in [0.25, 0.3) is 0 Å². The summed E-state index contributed by atoms with van der Waals surface area (Å²) < 4.78 is 13.8. The van der Waals surface area contributed by atoms with Gasteiger partial charge in [0.25, 0.3) is 0 Å². The first-order valence-corrected chi connectivity index (χ1v) is 8.56. The molecule has 2 aromatic rings. The first-order chi connectivity index (χ1) is 11.1. The number of hydrogen-bond acceptors (Lipinski definition) is 2. The van der Waals surface area contributed by atoms with Crippen LogP contribution in [-0.2, 0) is 0 Å². The average Bonchev–Trinajstić information content (AvgIpc) is 2.79. The molecule has 0 amide bonds. The van der Waals surface area contributed by atoms with Crippen LogP contribution in [0.1, 0.15) is 23.6 Å². The highest BCUT2D eigenvalue weighted by molar-refractivity contribution is 6.35. The van der Waals surface area contributed by atoms with Crippen molar-refractivity contribution in [2.24, 2.45) is 0 Å². The van der Waals surface area contributed by atoms with E-state index < -0.39 is 0 Å². The lowest BCUT2D eigenvalue weighted by Gasteiger charge is -2.32. The molecule has 1 fully saturated rings. The van der Waals surface area contributed by atoms with Crippen LogP contribution < -0.4 is 5.32 Å². The van der Waals surface area contributed by atoms with Crippen LogP contribution in [0.15, 0.2) is 42.5 Å². The van der Waals surface area contributed by atoms with E-state index in [4.69, 9.17) is 23.2 Å². The van der Waals surface area contributed by atoms with Gasteiger partial charge in [0.2, 0.25) is 0 Å². The van der Waals surface area contributed by atoms with Crippen LogP contribution in [0.2, 0.25) is 10.0 Å². The fraction of sp³-hybridized carbons (Fsp3) is 0.333. The number of halogens is 3. The van der Waals surface area contributed by atoms with Crippen molar-refractivity contribution in [3.8, 4) is 0 Å². The molecule has 1 unspecified atom stereocenters. The summed E-state index contributed by atoms with van der Waals surface area (Å²) in [5.74, 6) is -0.231. The van der Waals surface area contributed by atoms with Crippen molar-refractivity contribution in [2.75, 3.05) is 26.2 Å². The van der Waals surface area contributed by atoms with Crippen molar-refractivity contribution in [1.29, 1.82) is 0 Å². The molecule has 1 saturated heterocycles. The van der Waals surface area contributed by atoms with Gasteiger partial charge in [0.1, 0.15) is 5.82 Å². The Morgan fingerprint density at radius 3 is 2.70 bits per heavy atom. The zero-order chi connectivity index (χ0) is 16.2. The third-order valence-corrected chi connectivity index (χ3v) is 4.72. The van der Waals surface area contributed by atoms with Crippen molar-refractivity contribution < 1.29 is 4.39 Å². The van der Waals surface area contributed by atoms with Gasteiger partial charge in [-0.25, -0.2) is 4.39 Å². The van der Waals surface area contributed by atoms with Crippen molar-refractivity contribution in [3.63, 3.8) is 0 Å². The van der Waals surface area contributed by atoms with E-state index in [0.717, 1.165) is 43.7 Å². The summed E-state index contributed by atoms with van der Waals surface area (Å²) in [6.07, 6.45) is 1.05. The van der Waals surface area contributed by atoms with Crippen LogP contribution in [-0.4, -0.2) is 31.1 Å². The molecule has 23 heavy (non-hydrogen) atoms. The highest BCUT2D eigenvalue weighted by Crippen LogP contribution is 2.35. The van der Waals surface area contributed by atoms with Gasteiger partial charge in [-0.05, 0) is 48.4 Å². The molecular weight excluding hydrogens is 334 g/mol. The Bertz CT molecular complexity index is 670. The fourth-order valence-corrected chi connectivity index (χ4v) is 3.62. The lowest BCUT2D eigenvalue weighted by atomic mass is 9.96. The van der Waals surface area contributed by atoms with Gasteiger partial charge in [0.05, 0.1) is 6.04 Å². The first kappa shape index (κ1) is 16.7. The third-order valence-electron chi connectivity index (χ3n) is 4.16. The average molecular weight is 353 g/mol. The molecule has 1 N–H and O–H groups in total. The number of hydrogen-bond donors (Lipinski definition) is 1. The fourth-order valence-electron chi connectivity index (χ4n) is 3.11. The van der Waals surface area contributed by atoms with Crippen LogP contribution in [0.4, 0.5) is 4.39 Å². The molecule has 5 heteroatoms. The lowest BCUT2D eigenvalue weighted by molar-refractivity contribution is 0.241. The van der Waals surface area contributed by atoms with Crippen molar-refractivity contribution in [1.82, 2.24) is 10.2 Å². The van der Waals surface area contributed by atoms with E-state index in [2.05, 4.69) is 10.2 Å². The molecular formula is C18H19Cl2FN2. The molecule has 0 aromatic heterocycles. The van der Waals surface area contributed by atoms with Crippen molar-refractivity contribution >= 4 is 23.2 Å². The van der Waals surface area contributed by atoms with Crippen LogP contribution >= 0.6 is 23.2 Å². The summed E-state index contributed by atoms with van der Waals surface area (Å²) >= 11 is 12.5. The summed E-state index contributed by atoms with van der Waals surface area (Å²) in [6, 6.07) is 12.2. The second-order valence-electron chi connectivity index (χ2n) is 5.76. The summed E-state index contributed by atoms with van der Waals surface area (Å²) in [4.78, 5) is 2.35. The summed E-state index contributed by atoms with van der Waals surface area (Å²) in [6.45, 7) is 3.74. The van der Waals surface area contributed by atoms with E-state index in [1.54, 1.807) is 18.2 Å². The van der Waals surface area contributed by atoms with Gasteiger partial charge >= 0.3 is 0 Å². The Hall–Kier alpha value is -1.13. The van der Waals surface area contributed by atoms with E-state index in [9.17, 15) is 4.39 Å². The highest BCUT2D eigenvalue weighted by Gasteiger charge is 2.25. The monoisotopic (exact) mass is 352 g/mol. The number of rotatable bonds is 3. The first-order valence-electron chi connectivity index (χ1n) is 7.80. The number of benzene rings is 2. The van der Waals surface area contributed by atoms with Crippen LogP contribution in [0.3, 0.4) is 0 Å². The van der Waals surface area contributed by atoms with E-state index >= 15 is 0 Å². The quantitative estimate of drug-likeness (QED) is 0.873. The maximum atomic E-state index is 13.8. The van der Waals surface area contributed by atoms with E-state index in [-0.39, 0.29) is 11.9 Å². The second kappa shape index (κ2) is 7.63. The summed E-state index contributed by atoms with van der Waals surface area (Å²) in [5, 5.41) is 4.62. The predicted octanol–water partition coefficient (Wildman–Crippen LogP) is 4.52. The smallest absolute Gasteiger partial charge is 0.123 e.